The van der Waals surface area contributed by atoms with E-state index in [2.05, 4.69) is 75.3 Å². The van der Waals surface area contributed by atoms with Crippen molar-refractivity contribution in [2.75, 3.05) is 5.32 Å². The van der Waals surface area contributed by atoms with Gasteiger partial charge in [-0.05, 0) is 59.1 Å². The molecular weight excluding hydrogens is 354 g/mol. The van der Waals surface area contributed by atoms with Gasteiger partial charge < -0.3 is 5.32 Å². The SMILES string of the molecule is Cc1ccc(CNc2ccc(Br)cc2Br)c(C)c1. The molecule has 0 aliphatic rings. The Bertz CT molecular complexity index is 513. The predicted molar refractivity (Wildman–Crippen MR) is 85.1 cm³/mol. The van der Waals surface area contributed by atoms with Crippen LogP contribution in [0.5, 0.6) is 0 Å². The van der Waals surface area contributed by atoms with Crippen LogP contribution in [-0.4, -0.2) is 0 Å². The lowest BCUT2D eigenvalue weighted by atomic mass is 10.1. The summed E-state index contributed by atoms with van der Waals surface area (Å²) in [6.07, 6.45) is 0. The summed E-state index contributed by atoms with van der Waals surface area (Å²) in [5.74, 6) is 0. The fourth-order valence-corrected chi connectivity index (χ4v) is 3.05. The van der Waals surface area contributed by atoms with Crippen LogP contribution < -0.4 is 5.32 Å². The average Bonchev–Trinajstić information content (AvgIpc) is 2.30. The lowest BCUT2D eigenvalue weighted by Gasteiger charge is -2.11. The van der Waals surface area contributed by atoms with Gasteiger partial charge in [0.15, 0.2) is 0 Å². The predicted octanol–water partition coefficient (Wildman–Crippen LogP) is 5.44. The zero-order valence-corrected chi connectivity index (χ0v) is 13.6. The Morgan fingerprint density at radius 3 is 2.44 bits per heavy atom. The lowest BCUT2D eigenvalue weighted by molar-refractivity contribution is 1.11. The quantitative estimate of drug-likeness (QED) is 0.760. The summed E-state index contributed by atoms with van der Waals surface area (Å²) in [7, 11) is 0. The summed E-state index contributed by atoms with van der Waals surface area (Å²) in [6.45, 7) is 5.11. The second-order valence-corrected chi connectivity index (χ2v) is 6.18. The number of rotatable bonds is 3. The maximum Gasteiger partial charge on any atom is 0.0488 e. The van der Waals surface area contributed by atoms with Crippen molar-refractivity contribution in [2.45, 2.75) is 20.4 Å². The molecule has 0 saturated carbocycles. The van der Waals surface area contributed by atoms with Crippen molar-refractivity contribution in [1.29, 1.82) is 0 Å². The van der Waals surface area contributed by atoms with E-state index in [1.807, 2.05) is 12.1 Å². The molecule has 0 atom stereocenters. The fourth-order valence-electron chi connectivity index (χ4n) is 1.87. The number of aryl methyl sites for hydroxylation is 2. The molecule has 0 aromatic heterocycles. The second kappa shape index (κ2) is 5.89. The van der Waals surface area contributed by atoms with Crippen LogP contribution in [0.25, 0.3) is 0 Å². The van der Waals surface area contributed by atoms with E-state index in [1.165, 1.54) is 16.7 Å². The first-order valence-corrected chi connectivity index (χ1v) is 7.40. The molecule has 0 aliphatic heterocycles. The van der Waals surface area contributed by atoms with Gasteiger partial charge in [0.25, 0.3) is 0 Å². The first-order chi connectivity index (χ1) is 8.56. The van der Waals surface area contributed by atoms with Gasteiger partial charge >= 0.3 is 0 Å². The van der Waals surface area contributed by atoms with Gasteiger partial charge in [-0.2, -0.15) is 0 Å². The van der Waals surface area contributed by atoms with E-state index in [-0.39, 0.29) is 0 Å². The molecule has 0 heterocycles. The highest BCUT2D eigenvalue weighted by Gasteiger charge is 2.02. The normalized spacial score (nSPS) is 10.4. The molecule has 2 aromatic rings. The van der Waals surface area contributed by atoms with Gasteiger partial charge in [-0.25, -0.2) is 0 Å². The third kappa shape index (κ3) is 3.36. The number of benzene rings is 2. The molecule has 0 fully saturated rings. The minimum absolute atomic E-state index is 0.840. The van der Waals surface area contributed by atoms with E-state index in [1.54, 1.807) is 0 Å². The molecule has 2 aromatic carbocycles. The molecule has 3 heteroatoms. The Balaban J connectivity index is 2.11. The van der Waals surface area contributed by atoms with Gasteiger partial charge in [-0.3, -0.25) is 0 Å². The van der Waals surface area contributed by atoms with Gasteiger partial charge in [-0.1, -0.05) is 39.7 Å². The summed E-state index contributed by atoms with van der Waals surface area (Å²) in [5.41, 5.74) is 5.07. The standard InChI is InChI=1S/C15H15Br2N/c1-10-3-4-12(11(2)7-10)9-18-15-6-5-13(16)8-14(15)17/h3-8,18H,9H2,1-2H3. The summed E-state index contributed by atoms with van der Waals surface area (Å²) in [6, 6.07) is 12.7. The summed E-state index contributed by atoms with van der Waals surface area (Å²) in [4.78, 5) is 0. The van der Waals surface area contributed by atoms with Gasteiger partial charge in [0, 0.05) is 21.2 Å². The Morgan fingerprint density at radius 2 is 1.78 bits per heavy atom. The smallest absolute Gasteiger partial charge is 0.0488 e. The van der Waals surface area contributed by atoms with E-state index < -0.39 is 0 Å². The number of hydrogen-bond donors (Lipinski definition) is 1. The Labute approximate surface area is 125 Å². The number of anilines is 1. The second-order valence-electron chi connectivity index (χ2n) is 4.41. The third-order valence-electron chi connectivity index (χ3n) is 2.90. The molecule has 0 amide bonds. The van der Waals surface area contributed by atoms with Gasteiger partial charge in [0.2, 0.25) is 0 Å². The number of halogens is 2. The van der Waals surface area contributed by atoms with Crippen LogP contribution in [-0.2, 0) is 6.54 Å². The van der Waals surface area contributed by atoms with Crippen LogP contribution in [0.1, 0.15) is 16.7 Å². The van der Waals surface area contributed by atoms with Crippen LogP contribution in [0.4, 0.5) is 5.69 Å². The Kier molecular flexibility index (Phi) is 4.46. The average molecular weight is 369 g/mol. The molecule has 0 spiro atoms. The third-order valence-corrected chi connectivity index (χ3v) is 4.05. The maximum absolute atomic E-state index is 3.56. The highest BCUT2D eigenvalue weighted by atomic mass is 79.9. The lowest BCUT2D eigenvalue weighted by Crippen LogP contribution is -2.02. The molecule has 1 nitrogen and oxygen atoms in total. The van der Waals surface area contributed by atoms with Crippen LogP contribution in [0.2, 0.25) is 0 Å². The topological polar surface area (TPSA) is 12.0 Å². The zero-order chi connectivity index (χ0) is 13.1. The number of hydrogen-bond acceptors (Lipinski definition) is 1. The van der Waals surface area contributed by atoms with Crippen LogP contribution in [0.15, 0.2) is 45.3 Å². The van der Waals surface area contributed by atoms with Gasteiger partial charge in [-0.15, -0.1) is 0 Å². The summed E-state index contributed by atoms with van der Waals surface area (Å²) < 4.78 is 2.15. The van der Waals surface area contributed by atoms with Crippen molar-refractivity contribution in [3.8, 4) is 0 Å². The molecule has 0 saturated heterocycles. The molecule has 18 heavy (non-hydrogen) atoms. The van der Waals surface area contributed by atoms with E-state index in [0.29, 0.717) is 0 Å². The van der Waals surface area contributed by atoms with E-state index in [9.17, 15) is 0 Å². The van der Waals surface area contributed by atoms with Gasteiger partial charge in [0.1, 0.15) is 0 Å². The van der Waals surface area contributed by atoms with E-state index >= 15 is 0 Å². The van der Waals surface area contributed by atoms with Crippen molar-refractivity contribution in [3.63, 3.8) is 0 Å². The molecular formula is C15H15Br2N. The molecule has 1 N–H and O–H groups in total. The summed E-state index contributed by atoms with van der Waals surface area (Å²) in [5, 5.41) is 3.45. The number of nitrogens with one attached hydrogen (secondary N) is 1. The highest BCUT2D eigenvalue weighted by Crippen LogP contribution is 2.26. The van der Waals surface area contributed by atoms with Crippen molar-refractivity contribution in [3.05, 3.63) is 62.0 Å². The van der Waals surface area contributed by atoms with Gasteiger partial charge in [0.05, 0.1) is 0 Å². The molecule has 0 aliphatic carbocycles. The van der Waals surface area contributed by atoms with Crippen molar-refractivity contribution in [2.24, 2.45) is 0 Å². The van der Waals surface area contributed by atoms with Crippen molar-refractivity contribution >= 4 is 37.5 Å². The first kappa shape index (κ1) is 13.6. The van der Waals surface area contributed by atoms with Crippen molar-refractivity contribution < 1.29 is 0 Å². The molecule has 94 valence electrons. The van der Waals surface area contributed by atoms with Crippen molar-refractivity contribution in [1.82, 2.24) is 0 Å². The fraction of sp³-hybridized carbons (Fsp3) is 0.200. The molecule has 0 bridgehead atoms. The Morgan fingerprint density at radius 1 is 1.00 bits per heavy atom. The minimum Gasteiger partial charge on any atom is -0.380 e. The largest absolute Gasteiger partial charge is 0.380 e. The monoisotopic (exact) mass is 367 g/mol. The zero-order valence-electron chi connectivity index (χ0n) is 10.4. The molecule has 0 radical (unpaired) electrons. The molecule has 2 rings (SSSR count). The maximum atomic E-state index is 3.56. The summed E-state index contributed by atoms with van der Waals surface area (Å²) >= 11 is 7.01. The van der Waals surface area contributed by atoms with E-state index in [0.717, 1.165) is 21.2 Å². The van der Waals surface area contributed by atoms with E-state index in [4.69, 9.17) is 0 Å². The highest BCUT2D eigenvalue weighted by molar-refractivity contribution is 9.11. The van der Waals surface area contributed by atoms with Crippen LogP contribution in [0.3, 0.4) is 0 Å². The Hall–Kier alpha value is -0.800. The first-order valence-electron chi connectivity index (χ1n) is 5.81. The molecule has 0 unspecified atom stereocenters. The van der Waals surface area contributed by atoms with Crippen LogP contribution in [0, 0.1) is 13.8 Å². The minimum atomic E-state index is 0.840. The van der Waals surface area contributed by atoms with Crippen LogP contribution >= 0.6 is 31.9 Å².